The van der Waals surface area contributed by atoms with Crippen LogP contribution < -0.4 is 10.1 Å². The number of carbonyl (C=O) groups is 1. The van der Waals surface area contributed by atoms with Crippen molar-refractivity contribution < 1.29 is 17.9 Å². The maximum Gasteiger partial charge on any atom is 0.251 e. The topological polar surface area (TPSA) is 75.7 Å². The van der Waals surface area contributed by atoms with Crippen LogP contribution in [0.4, 0.5) is 0 Å². The number of carbonyl (C=O) groups excluding carboxylic acids is 1. The molecule has 0 spiro atoms. The zero-order chi connectivity index (χ0) is 18.4. The summed E-state index contributed by atoms with van der Waals surface area (Å²) in [5, 5.41) is 2.79. The molecule has 1 N–H and O–H groups in total. The molecule has 134 valence electrons. The first-order chi connectivity index (χ1) is 11.8. The molecule has 0 atom stereocenters. The van der Waals surface area contributed by atoms with Crippen LogP contribution in [0.3, 0.4) is 0 Å². The molecule has 0 saturated carbocycles. The number of nitrogens with zero attached hydrogens (tertiary/aromatic N) is 1. The molecule has 0 fully saturated rings. The van der Waals surface area contributed by atoms with Gasteiger partial charge in [0, 0.05) is 26.2 Å². The molecule has 6 nitrogen and oxygen atoms in total. The summed E-state index contributed by atoms with van der Waals surface area (Å²) in [6, 6.07) is 13.4. The first-order valence-electron chi connectivity index (χ1n) is 7.87. The largest absolute Gasteiger partial charge is 0.494 e. The minimum atomic E-state index is -3.57. The summed E-state index contributed by atoms with van der Waals surface area (Å²) < 4.78 is 30.8. The maximum absolute atomic E-state index is 12.3. The monoisotopic (exact) mass is 362 g/mol. The number of sulfonamides is 1. The molecule has 2 aromatic rings. The Morgan fingerprint density at radius 2 is 1.80 bits per heavy atom. The van der Waals surface area contributed by atoms with Gasteiger partial charge >= 0.3 is 0 Å². The first-order valence-corrected chi connectivity index (χ1v) is 9.31. The number of hydrogen-bond acceptors (Lipinski definition) is 4. The number of hydrogen-bond donors (Lipinski definition) is 1. The van der Waals surface area contributed by atoms with Gasteiger partial charge in [-0.05, 0) is 42.8 Å². The minimum Gasteiger partial charge on any atom is -0.494 e. The van der Waals surface area contributed by atoms with E-state index in [0.717, 1.165) is 15.6 Å². The van der Waals surface area contributed by atoms with Crippen molar-refractivity contribution in [2.75, 3.05) is 20.7 Å². The molecule has 0 radical (unpaired) electrons. The second-order valence-electron chi connectivity index (χ2n) is 5.57. The van der Waals surface area contributed by atoms with Gasteiger partial charge in [0.25, 0.3) is 5.91 Å². The molecular weight excluding hydrogens is 340 g/mol. The Morgan fingerprint density at radius 1 is 1.12 bits per heavy atom. The van der Waals surface area contributed by atoms with Crippen molar-refractivity contribution in [2.24, 2.45) is 0 Å². The molecule has 0 bridgehead atoms. The van der Waals surface area contributed by atoms with Crippen LogP contribution in [0.2, 0.25) is 0 Å². The standard InChI is InChI=1S/C18H22N2O4S/c1-4-24-16-10-8-14(9-11-16)13-19-18(21)15-6-5-7-17(12-15)25(22,23)20(2)3/h5-12H,4,13H2,1-3H3,(H,19,21). The molecule has 0 saturated heterocycles. The van der Waals surface area contributed by atoms with Crippen LogP contribution in [-0.2, 0) is 16.6 Å². The Hall–Kier alpha value is -2.38. The second-order valence-corrected chi connectivity index (χ2v) is 7.73. The zero-order valence-electron chi connectivity index (χ0n) is 14.5. The fraction of sp³-hybridized carbons (Fsp3) is 0.278. The highest BCUT2D eigenvalue weighted by Crippen LogP contribution is 2.15. The fourth-order valence-corrected chi connectivity index (χ4v) is 3.11. The van der Waals surface area contributed by atoms with Crippen LogP contribution in [0.25, 0.3) is 0 Å². The summed E-state index contributed by atoms with van der Waals surface area (Å²) in [5.41, 5.74) is 1.22. The number of benzene rings is 2. The second kappa shape index (κ2) is 8.13. The molecule has 2 rings (SSSR count). The normalized spacial score (nSPS) is 11.4. The predicted octanol–water partition coefficient (Wildman–Crippen LogP) is 2.27. The molecule has 0 aliphatic rings. The van der Waals surface area contributed by atoms with E-state index in [1.165, 1.54) is 26.2 Å². The Morgan fingerprint density at radius 3 is 2.40 bits per heavy atom. The smallest absolute Gasteiger partial charge is 0.251 e. The van der Waals surface area contributed by atoms with Crippen LogP contribution >= 0.6 is 0 Å². The Kier molecular flexibility index (Phi) is 6.17. The van der Waals surface area contributed by atoms with Crippen molar-refractivity contribution in [3.8, 4) is 5.75 Å². The number of amides is 1. The molecular formula is C18H22N2O4S. The van der Waals surface area contributed by atoms with Gasteiger partial charge in [-0.2, -0.15) is 0 Å². The maximum atomic E-state index is 12.3. The van der Waals surface area contributed by atoms with Crippen molar-refractivity contribution in [1.29, 1.82) is 0 Å². The summed E-state index contributed by atoms with van der Waals surface area (Å²) in [6.45, 7) is 2.86. The summed E-state index contributed by atoms with van der Waals surface area (Å²) in [5.74, 6) is 0.448. The number of ether oxygens (including phenoxy) is 1. The highest BCUT2D eigenvalue weighted by atomic mass is 32.2. The summed E-state index contributed by atoms with van der Waals surface area (Å²) in [4.78, 5) is 12.4. The molecule has 2 aromatic carbocycles. The van der Waals surface area contributed by atoms with Gasteiger partial charge in [-0.25, -0.2) is 12.7 Å². The number of rotatable bonds is 7. The zero-order valence-corrected chi connectivity index (χ0v) is 15.3. The quantitative estimate of drug-likeness (QED) is 0.820. The van der Waals surface area contributed by atoms with E-state index in [0.29, 0.717) is 18.7 Å². The molecule has 0 heterocycles. The molecule has 7 heteroatoms. The third kappa shape index (κ3) is 4.80. The molecule has 25 heavy (non-hydrogen) atoms. The third-order valence-electron chi connectivity index (χ3n) is 3.56. The lowest BCUT2D eigenvalue weighted by Gasteiger charge is -2.12. The highest BCUT2D eigenvalue weighted by Gasteiger charge is 2.18. The summed E-state index contributed by atoms with van der Waals surface area (Å²) >= 11 is 0. The van der Waals surface area contributed by atoms with E-state index in [1.54, 1.807) is 12.1 Å². The molecule has 0 aromatic heterocycles. The predicted molar refractivity (Wildman–Crippen MR) is 96.1 cm³/mol. The van der Waals surface area contributed by atoms with E-state index in [4.69, 9.17) is 4.74 Å². The van der Waals surface area contributed by atoms with E-state index in [-0.39, 0.29) is 10.8 Å². The van der Waals surface area contributed by atoms with Crippen LogP contribution in [0.15, 0.2) is 53.4 Å². The van der Waals surface area contributed by atoms with Gasteiger partial charge < -0.3 is 10.1 Å². The average Bonchev–Trinajstić information content (AvgIpc) is 2.61. The number of nitrogens with one attached hydrogen (secondary N) is 1. The van der Waals surface area contributed by atoms with Crippen LogP contribution in [0, 0.1) is 0 Å². The molecule has 1 amide bonds. The van der Waals surface area contributed by atoms with Gasteiger partial charge in [0.15, 0.2) is 0 Å². The highest BCUT2D eigenvalue weighted by molar-refractivity contribution is 7.89. The Bertz CT molecular complexity index is 830. The Labute approximate surface area is 148 Å². The van der Waals surface area contributed by atoms with Gasteiger partial charge in [0.1, 0.15) is 5.75 Å². The van der Waals surface area contributed by atoms with Crippen molar-refractivity contribution in [3.63, 3.8) is 0 Å². The van der Waals surface area contributed by atoms with Crippen LogP contribution in [0.1, 0.15) is 22.8 Å². The lowest BCUT2D eigenvalue weighted by molar-refractivity contribution is 0.0950. The molecule has 0 aliphatic heterocycles. The van der Waals surface area contributed by atoms with E-state index in [1.807, 2.05) is 31.2 Å². The van der Waals surface area contributed by atoms with Gasteiger partial charge in [0.05, 0.1) is 11.5 Å². The first kappa shape index (κ1) is 19.0. The van der Waals surface area contributed by atoms with Crippen molar-refractivity contribution in [2.45, 2.75) is 18.4 Å². The summed E-state index contributed by atoms with van der Waals surface area (Å²) in [6.07, 6.45) is 0. The fourth-order valence-electron chi connectivity index (χ4n) is 2.16. The van der Waals surface area contributed by atoms with Crippen molar-refractivity contribution in [3.05, 3.63) is 59.7 Å². The van der Waals surface area contributed by atoms with Crippen molar-refractivity contribution >= 4 is 15.9 Å². The van der Waals surface area contributed by atoms with Gasteiger partial charge in [-0.3, -0.25) is 4.79 Å². The molecule has 0 unspecified atom stereocenters. The van der Waals surface area contributed by atoms with E-state index >= 15 is 0 Å². The van der Waals surface area contributed by atoms with Crippen molar-refractivity contribution in [1.82, 2.24) is 9.62 Å². The van der Waals surface area contributed by atoms with E-state index in [9.17, 15) is 13.2 Å². The van der Waals surface area contributed by atoms with Crippen LogP contribution in [-0.4, -0.2) is 39.3 Å². The van der Waals surface area contributed by atoms with Crippen LogP contribution in [0.5, 0.6) is 5.75 Å². The molecule has 0 aliphatic carbocycles. The van der Waals surface area contributed by atoms with Gasteiger partial charge in [0.2, 0.25) is 10.0 Å². The van der Waals surface area contributed by atoms with Gasteiger partial charge in [-0.1, -0.05) is 18.2 Å². The van der Waals surface area contributed by atoms with Gasteiger partial charge in [-0.15, -0.1) is 0 Å². The minimum absolute atomic E-state index is 0.0891. The SMILES string of the molecule is CCOc1ccc(CNC(=O)c2cccc(S(=O)(=O)N(C)C)c2)cc1. The third-order valence-corrected chi connectivity index (χ3v) is 5.37. The lowest BCUT2D eigenvalue weighted by atomic mass is 10.2. The summed E-state index contributed by atoms with van der Waals surface area (Å²) in [7, 11) is -0.666. The Balaban J connectivity index is 2.06. The lowest BCUT2D eigenvalue weighted by Crippen LogP contribution is -2.25. The average molecular weight is 362 g/mol. The van der Waals surface area contributed by atoms with E-state index in [2.05, 4.69) is 5.32 Å². The van der Waals surface area contributed by atoms with E-state index < -0.39 is 10.0 Å².